The lowest BCUT2D eigenvalue weighted by atomic mass is 10.3. The second-order valence-electron chi connectivity index (χ2n) is 5.38. The number of carbonyl (C=O) groups excluding carboxylic acids is 1. The summed E-state index contributed by atoms with van der Waals surface area (Å²) in [5.41, 5.74) is 1.20. The van der Waals surface area contributed by atoms with Crippen LogP contribution in [0.4, 0.5) is 5.69 Å². The Labute approximate surface area is 143 Å². The van der Waals surface area contributed by atoms with E-state index in [9.17, 15) is 9.59 Å². The van der Waals surface area contributed by atoms with Crippen LogP contribution in [-0.4, -0.2) is 29.2 Å². The van der Waals surface area contributed by atoms with Crippen LogP contribution in [0, 0.1) is 6.92 Å². The molecule has 3 rings (SSSR count). The molecule has 0 spiro atoms. The zero-order valence-corrected chi connectivity index (χ0v) is 13.8. The molecule has 1 aromatic carbocycles. The van der Waals surface area contributed by atoms with Crippen LogP contribution in [0.5, 0.6) is 5.75 Å². The molecule has 3 aromatic rings. The van der Waals surface area contributed by atoms with E-state index in [-0.39, 0.29) is 24.7 Å². The van der Waals surface area contributed by atoms with Crippen LogP contribution in [0.25, 0.3) is 5.65 Å². The van der Waals surface area contributed by atoms with Crippen LogP contribution >= 0.6 is 0 Å². The molecule has 0 saturated heterocycles. The largest absolute Gasteiger partial charge is 0.487 e. The number of ether oxygens (including phenoxy) is 2. The van der Waals surface area contributed by atoms with Gasteiger partial charge < -0.3 is 19.3 Å². The fraction of sp³-hybridized carbons (Fsp3) is 0.235. The summed E-state index contributed by atoms with van der Waals surface area (Å²) in [6.45, 7) is 1.84. The number of carbonyl (C=O) groups is 1. The number of nitrogens with one attached hydrogen (secondary N) is 1. The second-order valence-corrected chi connectivity index (χ2v) is 5.38. The van der Waals surface area contributed by atoms with Crippen LogP contribution in [0.1, 0.15) is 11.5 Å². The van der Waals surface area contributed by atoms with Crippen molar-refractivity contribution in [1.29, 1.82) is 0 Å². The average Bonchev–Trinajstić information content (AvgIpc) is 2.94. The number of methoxy groups -OCH3 is 1. The number of benzene rings is 1. The minimum atomic E-state index is -0.308. The number of aryl methyl sites for hydroxylation is 1. The minimum absolute atomic E-state index is 0.0247. The number of hydrogen-bond donors (Lipinski definition) is 1. The Morgan fingerprint density at radius 1 is 1.32 bits per heavy atom. The summed E-state index contributed by atoms with van der Waals surface area (Å²) in [5.74, 6) is 0.887. The van der Waals surface area contributed by atoms with Gasteiger partial charge in [0.15, 0.2) is 5.65 Å². The summed E-state index contributed by atoms with van der Waals surface area (Å²) in [6, 6.07) is 9.96. The van der Waals surface area contributed by atoms with Crippen LogP contribution in [0.2, 0.25) is 0 Å². The maximum absolute atomic E-state index is 12.0. The number of rotatable bonds is 6. The first-order chi connectivity index (χ1) is 12.0. The van der Waals surface area contributed by atoms with Crippen molar-refractivity contribution in [1.82, 2.24) is 9.56 Å². The molecule has 8 nitrogen and oxygen atoms in total. The van der Waals surface area contributed by atoms with Crippen molar-refractivity contribution >= 4 is 17.2 Å². The summed E-state index contributed by atoms with van der Waals surface area (Å²) in [6.07, 6.45) is 0. The number of aromatic nitrogens is 2. The normalized spacial score (nSPS) is 10.8. The summed E-state index contributed by atoms with van der Waals surface area (Å²) in [7, 11) is 1.45. The van der Waals surface area contributed by atoms with Crippen LogP contribution in [0.15, 0.2) is 45.7 Å². The Kier molecular flexibility index (Phi) is 4.80. The number of nitrogens with zero attached hydrogens (tertiary/aromatic N) is 2. The molecule has 0 aliphatic carbocycles. The maximum atomic E-state index is 12.0. The molecule has 8 heteroatoms. The van der Waals surface area contributed by atoms with Gasteiger partial charge in [-0.1, -0.05) is 6.07 Å². The van der Waals surface area contributed by atoms with E-state index in [1.807, 2.05) is 0 Å². The third-order valence-electron chi connectivity index (χ3n) is 3.30. The van der Waals surface area contributed by atoms with Crippen molar-refractivity contribution in [3.63, 3.8) is 0 Å². The highest BCUT2D eigenvalue weighted by molar-refractivity contribution is 5.91. The fourth-order valence-corrected chi connectivity index (χ4v) is 2.30. The molecule has 0 aliphatic heterocycles. The summed E-state index contributed by atoms with van der Waals surface area (Å²) in [5, 5.41) is 2.69. The monoisotopic (exact) mass is 343 g/mol. The predicted octanol–water partition coefficient (Wildman–Crippen LogP) is 1.76. The summed E-state index contributed by atoms with van der Waals surface area (Å²) >= 11 is 0. The highest BCUT2D eigenvalue weighted by Crippen LogP contribution is 2.18. The van der Waals surface area contributed by atoms with Gasteiger partial charge in [0.1, 0.15) is 24.7 Å². The highest BCUT2D eigenvalue weighted by atomic mass is 16.5. The first-order valence-corrected chi connectivity index (χ1v) is 7.56. The van der Waals surface area contributed by atoms with E-state index < -0.39 is 0 Å². The zero-order valence-electron chi connectivity index (χ0n) is 13.8. The lowest BCUT2D eigenvalue weighted by Gasteiger charge is -2.09. The van der Waals surface area contributed by atoms with Gasteiger partial charge in [-0.3, -0.25) is 9.59 Å². The van der Waals surface area contributed by atoms with Gasteiger partial charge in [-0.15, -0.1) is 4.57 Å². The summed E-state index contributed by atoms with van der Waals surface area (Å²) < 4.78 is 16.8. The molecule has 0 saturated carbocycles. The van der Waals surface area contributed by atoms with Crippen molar-refractivity contribution in [3.8, 4) is 5.75 Å². The predicted molar refractivity (Wildman–Crippen MR) is 89.7 cm³/mol. The van der Waals surface area contributed by atoms with Crippen LogP contribution < -0.4 is 15.6 Å². The highest BCUT2D eigenvalue weighted by Gasteiger charge is 2.08. The Morgan fingerprint density at radius 3 is 2.96 bits per heavy atom. The van der Waals surface area contributed by atoms with Crippen molar-refractivity contribution in [2.75, 3.05) is 19.0 Å². The molecule has 0 bridgehead atoms. The first kappa shape index (κ1) is 16.7. The van der Waals surface area contributed by atoms with E-state index in [0.29, 0.717) is 28.5 Å². The lowest BCUT2D eigenvalue weighted by Crippen LogP contribution is -2.17. The molecule has 2 heterocycles. The quantitative estimate of drug-likeness (QED) is 0.733. The van der Waals surface area contributed by atoms with Crippen molar-refractivity contribution in [3.05, 3.63) is 58.2 Å². The minimum Gasteiger partial charge on any atom is -0.487 e. The van der Waals surface area contributed by atoms with Crippen LogP contribution in [0.3, 0.4) is 0 Å². The number of amides is 1. The average molecular weight is 343 g/mol. The van der Waals surface area contributed by atoms with Crippen molar-refractivity contribution in [2.24, 2.45) is 0 Å². The molecule has 130 valence electrons. The SMILES string of the molecule is COCC(=O)Nc1cccc(OCc2cc(=O)n3oc(C)cc3n2)c1. The van der Waals surface area contributed by atoms with Gasteiger partial charge in [-0.05, 0) is 19.1 Å². The zero-order chi connectivity index (χ0) is 17.8. The number of anilines is 1. The Bertz CT molecular complexity index is 960. The molecule has 0 radical (unpaired) electrons. The van der Waals surface area contributed by atoms with E-state index in [2.05, 4.69) is 10.3 Å². The molecule has 25 heavy (non-hydrogen) atoms. The van der Waals surface area contributed by atoms with E-state index >= 15 is 0 Å². The van der Waals surface area contributed by atoms with Gasteiger partial charge in [0.05, 0.1) is 5.69 Å². The second kappa shape index (κ2) is 7.18. The topological polar surface area (TPSA) is 95.1 Å². The van der Waals surface area contributed by atoms with Gasteiger partial charge in [0.2, 0.25) is 5.91 Å². The number of hydrogen-bond acceptors (Lipinski definition) is 6. The van der Waals surface area contributed by atoms with Gasteiger partial charge in [-0.25, -0.2) is 4.98 Å². The third-order valence-corrected chi connectivity index (χ3v) is 3.30. The van der Waals surface area contributed by atoms with E-state index in [0.717, 1.165) is 4.57 Å². The third kappa shape index (κ3) is 4.04. The molecule has 1 amide bonds. The van der Waals surface area contributed by atoms with Gasteiger partial charge >= 0.3 is 0 Å². The van der Waals surface area contributed by atoms with Gasteiger partial charge in [0, 0.05) is 31.0 Å². The molecule has 0 aliphatic rings. The van der Waals surface area contributed by atoms with E-state index in [4.69, 9.17) is 14.0 Å². The molecule has 1 N–H and O–H groups in total. The molecular weight excluding hydrogens is 326 g/mol. The van der Waals surface area contributed by atoms with Crippen molar-refractivity contribution < 1.29 is 18.8 Å². The smallest absolute Gasteiger partial charge is 0.287 e. The fourth-order valence-electron chi connectivity index (χ4n) is 2.30. The van der Waals surface area contributed by atoms with Gasteiger partial charge in [0.25, 0.3) is 5.56 Å². The van der Waals surface area contributed by atoms with Crippen LogP contribution in [-0.2, 0) is 16.1 Å². The molecular formula is C17H17N3O5. The lowest BCUT2D eigenvalue weighted by molar-refractivity contribution is -0.119. The Morgan fingerprint density at radius 2 is 2.16 bits per heavy atom. The molecule has 0 atom stereocenters. The number of fused-ring (bicyclic) bond motifs is 1. The van der Waals surface area contributed by atoms with E-state index in [1.165, 1.54) is 13.2 Å². The first-order valence-electron chi connectivity index (χ1n) is 7.56. The Balaban J connectivity index is 1.71. The van der Waals surface area contributed by atoms with Crippen molar-refractivity contribution in [2.45, 2.75) is 13.5 Å². The molecule has 0 fully saturated rings. The van der Waals surface area contributed by atoms with Gasteiger partial charge in [-0.2, -0.15) is 0 Å². The maximum Gasteiger partial charge on any atom is 0.287 e. The van der Waals surface area contributed by atoms with E-state index in [1.54, 1.807) is 37.3 Å². The Hall–Kier alpha value is -3.13. The summed E-state index contributed by atoms with van der Waals surface area (Å²) in [4.78, 5) is 27.8. The molecule has 2 aromatic heterocycles. The molecule has 0 unspecified atom stereocenters. The standard InChI is InChI=1S/C17H17N3O5/c1-11-6-15-18-13(8-17(22)20(15)25-11)9-24-14-5-3-4-12(7-14)19-16(21)10-23-2/h3-8H,9-10H2,1-2H3,(H,19,21).